The van der Waals surface area contributed by atoms with Gasteiger partial charge in [-0.25, -0.2) is 8.42 Å². The Kier molecular flexibility index (Phi) is 3.96. The summed E-state index contributed by atoms with van der Waals surface area (Å²) in [6.07, 6.45) is 5.07. The predicted octanol–water partition coefficient (Wildman–Crippen LogP) is 2.61. The van der Waals surface area contributed by atoms with Crippen LogP contribution in [0.5, 0.6) is 0 Å². The van der Waals surface area contributed by atoms with Gasteiger partial charge < -0.3 is 4.90 Å². The third kappa shape index (κ3) is 2.61. The normalized spacial score (nSPS) is 28.1. The molecule has 2 saturated heterocycles. The largest absolute Gasteiger partial charge is 0.338 e. The van der Waals surface area contributed by atoms with Gasteiger partial charge in [0.1, 0.15) is 5.54 Å². The van der Waals surface area contributed by atoms with E-state index in [1.165, 1.54) is 4.31 Å². The van der Waals surface area contributed by atoms with Crippen molar-refractivity contribution in [2.45, 2.75) is 68.8 Å². The highest BCUT2D eigenvalue weighted by molar-refractivity contribution is 7.89. The van der Waals surface area contributed by atoms with Crippen molar-refractivity contribution < 1.29 is 13.2 Å². The summed E-state index contributed by atoms with van der Waals surface area (Å²) >= 11 is 0. The van der Waals surface area contributed by atoms with Crippen LogP contribution in [-0.4, -0.2) is 48.2 Å². The molecule has 0 N–H and O–H groups in total. The summed E-state index contributed by atoms with van der Waals surface area (Å²) in [5.41, 5.74) is 1.19. The fraction of sp³-hybridized carbons (Fsp3) is 0.632. The number of benzene rings is 1. The van der Waals surface area contributed by atoms with Crippen molar-refractivity contribution >= 4 is 15.9 Å². The van der Waals surface area contributed by atoms with Crippen molar-refractivity contribution in [1.82, 2.24) is 9.21 Å². The maximum absolute atomic E-state index is 13.4. The first-order valence-electron chi connectivity index (χ1n) is 9.27. The number of carbonyl (C=O) groups is 1. The molecule has 4 rings (SSSR count). The highest BCUT2D eigenvalue weighted by Gasteiger charge is 2.57. The summed E-state index contributed by atoms with van der Waals surface area (Å²) < 4.78 is 28.3. The molecule has 1 atom stereocenters. The maximum atomic E-state index is 13.4. The summed E-state index contributed by atoms with van der Waals surface area (Å²) in [5, 5.41) is 0. The lowest BCUT2D eigenvalue weighted by molar-refractivity contribution is -0.145. The summed E-state index contributed by atoms with van der Waals surface area (Å²) in [4.78, 5) is 15.5. The number of likely N-dealkylation sites (tertiary alicyclic amines) is 1. The van der Waals surface area contributed by atoms with Crippen LogP contribution >= 0.6 is 0 Å². The topological polar surface area (TPSA) is 57.7 Å². The quantitative estimate of drug-likeness (QED) is 0.830. The number of nitrogens with zero attached hydrogens (tertiary/aromatic N) is 2. The van der Waals surface area contributed by atoms with Gasteiger partial charge in [0, 0.05) is 19.1 Å². The first kappa shape index (κ1) is 17.0. The third-order valence-corrected chi connectivity index (χ3v) is 8.09. The van der Waals surface area contributed by atoms with Crippen LogP contribution in [-0.2, 0) is 14.8 Å². The minimum absolute atomic E-state index is 0.0474. The molecule has 1 aliphatic carbocycles. The second kappa shape index (κ2) is 5.81. The van der Waals surface area contributed by atoms with Gasteiger partial charge in [-0.2, -0.15) is 4.31 Å². The van der Waals surface area contributed by atoms with E-state index in [9.17, 15) is 13.2 Å². The summed E-state index contributed by atoms with van der Waals surface area (Å²) in [6, 6.07) is 5.61. The van der Waals surface area contributed by atoms with E-state index in [0.29, 0.717) is 30.3 Å². The Morgan fingerprint density at radius 2 is 1.72 bits per heavy atom. The molecule has 2 heterocycles. The number of sulfonamides is 1. The van der Waals surface area contributed by atoms with E-state index < -0.39 is 15.6 Å². The van der Waals surface area contributed by atoms with Gasteiger partial charge in [-0.15, -0.1) is 0 Å². The Morgan fingerprint density at radius 3 is 2.36 bits per heavy atom. The Bertz CT molecular complexity index is 816. The number of rotatable bonds is 3. The molecule has 25 heavy (non-hydrogen) atoms. The monoisotopic (exact) mass is 362 g/mol. The minimum Gasteiger partial charge on any atom is -0.338 e. The van der Waals surface area contributed by atoms with Crippen molar-refractivity contribution in [1.29, 1.82) is 0 Å². The molecule has 3 aliphatic rings. The molecule has 0 radical (unpaired) electrons. The first-order chi connectivity index (χ1) is 11.9. The molecule has 3 fully saturated rings. The van der Waals surface area contributed by atoms with Crippen LogP contribution in [0.4, 0.5) is 0 Å². The number of hydrogen-bond acceptors (Lipinski definition) is 3. The fourth-order valence-electron chi connectivity index (χ4n) is 4.42. The van der Waals surface area contributed by atoms with Crippen LogP contribution in [0.3, 0.4) is 0 Å². The zero-order valence-electron chi connectivity index (χ0n) is 15.0. The van der Waals surface area contributed by atoms with Gasteiger partial charge >= 0.3 is 0 Å². The number of carbonyl (C=O) groups excluding carboxylic acids is 1. The molecular formula is C19H26N2O3S. The molecule has 0 aromatic heterocycles. The lowest BCUT2D eigenvalue weighted by Crippen LogP contribution is -2.61. The molecular weight excluding hydrogens is 336 g/mol. The summed E-state index contributed by atoms with van der Waals surface area (Å²) in [6.45, 7) is 5.12. The molecule has 1 saturated carbocycles. The smallest absolute Gasteiger partial charge is 0.244 e. The lowest BCUT2D eigenvalue weighted by Gasteiger charge is -2.44. The summed E-state index contributed by atoms with van der Waals surface area (Å²) in [7, 11) is -3.66. The highest BCUT2D eigenvalue weighted by atomic mass is 32.2. The van der Waals surface area contributed by atoms with Gasteiger partial charge in [-0.1, -0.05) is 6.07 Å². The van der Waals surface area contributed by atoms with Crippen LogP contribution in [0, 0.1) is 13.8 Å². The minimum atomic E-state index is -3.66. The maximum Gasteiger partial charge on any atom is 0.244 e. The van der Waals surface area contributed by atoms with Gasteiger partial charge in [0.2, 0.25) is 15.9 Å². The van der Waals surface area contributed by atoms with E-state index >= 15 is 0 Å². The van der Waals surface area contributed by atoms with Crippen LogP contribution in [0.25, 0.3) is 0 Å². The zero-order chi connectivity index (χ0) is 17.8. The van der Waals surface area contributed by atoms with Gasteiger partial charge in [-0.3, -0.25) is 4.79 Å². The number of aryl methyl sites for hydroxylation is 2. The second-order valence-corrected chi connectivity index (χ2v) is 9.65. The van der Waals surface area contributed by atoms with Crippen molar-refractivity contribution in [2.75, 3.05) is 13.1 Å². The molecule has 1 aromatic rings. The number of hydrogen-bond donors (Lipinski definition) is 0. The van der Waals surface area contributed by atoms with Gasteiger partial charge in [-0.05, 0) is 75.6 Å². The zero-order valence-corrected chi connectivity index (χ0v) is 15.8. The SMILES string of the molecule is Cc1ccc(S(=O)(=O)N2CCCC23CCCN(C2CC2)C3=O)cc1C. The highest BCUT2D eigenvalue weighted by Crippen LogP contribution is 2.44. The predicted molar refractivity (Wildman–Crippen MR) is 95.7 cm³/mol. The van der Waals surface area contributed by atoms with E-state index in [2.05, 4.69) is 0 Å². The van der Waals surface area contributed by atoms with Gasteiger partial charge in [0.25, 0.3) is 0 Å². The molecule has 1 unspecified atom stereocenters. The van der Waals surface area contributed by atoms with E-state index in [-0.39, 0.29) is 5.91 Å². The number of piperidine rings is 1. The van der Waals surface area contributed by atoms with E-state index in [1.54, 1.807) is 12.1 Å². The van der Waals surface area contributed by atoms with E-state index in [0.717, 1.165) is 43.4 Å². The molecule has 0 bridgehead atoms. The molecule has 2 aliphatic heterocycles. The summed E-state index contributed by atoms with van der Waals surface area (Å²) in [5.74, 6) is 0.0474. The van der Waals surface area contributed by atoms with Crippen molar-refractivity contribution in [3.8, 4) is 0 Å². The molecule has 1 aromatic carbocycles. The molecule has 1 amide bonds. The lowest BCUT2D eigenvalue weighted by atomic mass is 9.86. The molecule has 136 valence electrons. The van der Waals surface area contributed by atoms with Crippen molar-refractivity contribution in [3.63, 3.8) is 0 Å². The first-order valence-corrected chi connectivity index (χ1v) is 10.7. The Hall–Kier alpha value is -1.40. The Balaban J connectivity index is 1.72. The van der Waals surface area contributed by atoms with Crippen LogP contribution < -0.4 is 0 Å². The van der Waals surface area contributed by atoms with Crippen molar-refractivity contribution in [3.05, 3.63) is 29.3 Å². The Labute approximate surface area is 150 Å². The Morgan fingerprint density at radius 1 is 1.04 bits per heavy atom. The standard InChI is InChI=1S/C19H26N2O3S/c1-14-5-8-17(13-15(14)2)25(23,24)21-12-4-10-19(21)9-3-11-20(18(19)22)16-6-7-16/h5,8,13,16H,3-4,6-7,9-12H2,1-2H3. The van der Waals surface area contributed by atoms with Gasteiger partial charge in [0.05, 0.1) is 4.90 Å². The fourth-order valence-corrected chi connectivity index (χ4v) is 6.33. The van der Waals surface area contributed by atoms with E-state index in [4.69, 9.17) is 0 Å². The average Bonchev–Trinajstić information content (AvgIpc) is 3.32. The average molecular weight is 362 g/mol. The second-order valence-electron chi connectivity index (χ2n) is 7.79. The van der Waals surface area contributed by atoms with E-state index in [1.807, 2.05) is 24.8 Å². The molecule has 5 nitrogen and oxygen atoms in total. The van der Waals surface area contributed by atoms with Gasteiger partial charge in [0.15, 0.2) is 0 Å². The van der Waals surface area contributed by atoms with Crippen molar-refractivity contribution in [2.24, 2.45) is 0 Å². The molecule has 6 heteroatoms. The molecule has 1 spiro atoms. The van der Waals surface area contributed by atoms with Crippen LogP contribution in [0.1, 0.15) is 49.7 Å². The van der Waals surface area contributed by atoms with Crippen LogP contribution in [0.2, 0.25) is 0 Å². The number of amides is 1. The third-order valence-electron chi connectivity index (χ3n) is 6.13. The van der Waals surface area contributed by atoms with Crippen LogP contribution in [0.15, 0.2) is 23.1 Å².